The first kappa shape index (κ1) is 9.08. The lowest BCUT2D eigenvalue weighted by Gasteiger charge is -2.01. The second-order valence-electron chi connectivity index (χ2n) is 1.07. The van der Waals surface area contributed by atoms with Gasteiger partial charge in [0.25, 0.3) is 0 Å². The third kappa shape index (κ3) is 5.96. The van der Waals surface area contributed by atoms with E-state index >= 15 is 0 Å². The fraction of sp³-hybridized carbons (Fsp3) is 0.500. The Morgan fingerprint density at radius 1 is 1.67 bits per heavy atom. The van der Waals surface area contributed by atoms with E-state index in [2.05, 4.69) is 4.74 Å². The van der Waals surface area contributed by atoms with Crippen molar-refractivity contribution >= 4 is 34.6 Å². The van der Waals surface area contributed by atoms with Crippen molar-refractivity contribution in [1.29, 1.82) is 0 Å². The lowest BCUT2D eigenvalue weighted by Crippen LogP contribution is -2.15. The summed E-state index contributed by atoms with van der Waals surface area (Å²) >= 11 is 9.83. The van der Waals surface area contributed by atoms with Crippen molar-refractivity contribution in [2.24, 2.45) is 0 Å². The van der Waals surface area contributed by atoms with Gasteiger partial charge < -0.3 is 4.74 Å². The van der Waals surface area contributed by atoms with E-state index in [9.17, 15) is 9.36 Å². The van der Waals surface area contributed by atoms with Gasteiger partial charge in [0.05, 0.1) is 7.11 Å². The molecule has 0 aliphatic rings. The van der Waals surface area contributed by atoms with Crippen LogP contribution in [0.2, 0.25) is 0 Å². The van der Waals surface area contributed by atoms with Crippen molar-refractivity contribution in [2.75, 3.05) is 7.11 Å². The number of amides is 1. The van der Waals surface area contributed by atoms with Crippen LogP contribution in [0.3, 0.4) is 0 Å². The van der Waals surface area contributed by atoms with Crippen molar-refractivity contribution in [3.63, 3.8) is 0 Å². The number of carbonyl (C=O) groups excluding carboxylic acids is 1. The highest BCUT2D eigenvalue weighted by Gasteiger charge is 2.16. The summed E-state index contributed by atoms with van der Waals surface area (Å²) in [5.41, 5.74) is 0. The number of ether oxygens (including phenoxy) is 1. The van der Waals surface area contributed by atoms with E-state index in [0.717, 1.165) is 7.11 Å². The second-order valence-corrected chi connectivity index (χ2v) is 5.59. The molecule has 0 spiro atoms. The Hall–Kier alpha value is 0.0800. The van der Waals surface area contributed by atoms with Crippen molar-refractivity contribution in [3.05, 3.63) is 0 Å². The molecule has 9 heavy (non-hydrogen) atoms. The maximum Gasteiger partial charge on any atom is 0.414 e. The first-order valence-electron chi connectivity index (χ1n) is 1.81. The first-order valence-corrected chi connectivity index (χ1v) is 5.33. The highest BCUT2D eigenvalue weighted by Crippen LogP contribution is 2.51. The van der Waals surface area contributed by atoms with Gasteiger partial charge in [0, 0.05) is 0 Å². The van der Waals surface area contributed by atoms with Crippen LogP contribution in [0, 0.1) is 0 Å². The fourth-order valence-electron chi connectivity index (χ4n) is 0.152. The van der Waals surface area contributed by atoms with Gasteiger partial charge in [0.15, 0.2) is 0 Å². The summed E-state index contributed by atoms with van der Waals surface area (Å²) in [6.45, 7) is 0. The molecule has 54 valence electrons. The van der Waals surface area contributed by atoms with Gasteiger partial charge in [0.2, 0.25) is 0 Å². The largest absolute Gasteiger partial charge is 0.453 e. The topological polar surface area (TPSA) is 55.4 Å². The summed E-state index contributed by atoms with van der Waals surface area (Å²) in [6.07, 6.45) is -0.914. The Labute approximate surface area is 61.5 Å². The Morgan fingerprint density at radius 3 is 2.22 bits per heavy atom. The molecule has 1 amide bonds. The number of hydrogen-bond donors (Lipinski definition) is 1. The number of halogens is 2. The molecule has 0 heterocycles. The molecule has 0 saturated carbocycles. The highest BCUT2D eigenvalue weighted by molar-refractivity contribution is 8.07. The Morgan fingerprint density at radius 2 is 2.11 bits per heavy atom. The van der Waals surface area contributed by atoms with E-state index in [4.69, 9.17) is 22.5 Å². The summed E-state index contributed by atoms with van der Waals surface area (Å²) < 4.78 is 14.3. The average Bonchev–Trinajstić information content (AvgIpc) is 1.62. The number of nitrogens with one attached hydrogen (secondary N) is 1. The average molecular weight is 192 g/mol. The molecule has 0 aromatic heterocycles. The van der Waals surface area contributed by atoms with Gasteiger partial charge in [0.1, 0.15) is 0 Å². The van der Waals surface area contributed by atoms with Crippen LogP contribution in [0.25, 0.3) is 0 Å². The molecule has 0 aromatic carbocycles. The van der Waals surface area contributed by atoms with Crippen LogP contribution in [0.15, 0.2) is 0 Å². The van der Waals surface area contributed by atoms with Crippen molar-refractivity contribution in [2.45, 2.75) is 0 Å². The monoisotopic (exact) mass is 191 g/mol. The molecule has 0 aliphatic carbocycles. The van der Waals surface area contributed by atoms with E-state index in [-0.39, 0.29) is 0 Å². The number of rotatable bonds is 1. The van der Waals surface area contributed by atoms with Crippen molar-refractivity contribution in [1.82, 2.24) is 5.09 Å². The lowest BCUT2D eigenvalue weighted by molar-refractivity contribution is 0.178. The van der Waals surface area contributed by atoms with Gasteiger partial charge >= 0.3 is 12.1 Å². The van der Waals surface area contributed by atoms with Crippen LogP contribution >= 0.6 is 28.5 Å². The number of methoxy groups -OCH3 is 1. The predicted molar refractivity (Wildman–Crippen MR) is 34.9 cm³/mol. The lowest BCUT2D eigenvalue weighted by atomic mass is 11.2. The quantitative estimate of drug-likeness (QED) is 0.645. The molecule has 4 nitrogen and oxygen atoms in total. The summed E-state index contributed by atoms with van der Waals surface area (Å²) in [4.78, 5) is 10.2. The maximum atomic E-state index is 10.3. The molecule has 0 fully saturated rings. The number of hydrogen-bond acceptors (Lipinski definition) is 3. The molecule has 0 bridgehead atoms. The van der Waals surface area contributed by atoms with Gasteiger partial charge in [-0.05, 0) is 22.5 Å². The summed E-state index contributed by atoms with van der Waals surface area (Å²) in [5, 5.41) is 1.69. The summed E-state index contributed by atoms with van der Waals surface area (Å²) in [5.74, 6) is -3.52. The molecule has 1 N–H and O–H groups in total. The third-order valence-corrected chi connectivity index (χ3v) is 1.36. The zero-order valence-electron chi connectivity index (χ0n) is 4.43. The van der Waals surface area contributed by atoms with Crippen molar-refractivity contribution in [3.8, 4) is 0 Å². The smallest absolute Gasteiger partial charge is 0.414 e. The maximum absolute atomic E-state index is 10.3. The van der Waals surface area contributed by atoms with Crippen LogP contribution in [-0.2, 0) is 9.30 Å². The zero-order chi connectivity index (χ0) is 7.49. The van der Waals surface area contributed by atoms with Gasteiger partial charge in [-0.3, -0.25) is 4.57 Å². The number of carbonyl (C=O) groups is 1. The molecule has 0 radical (unpaired) electrons. The Balaban J connectivity index is 3.75. The summed E-state index contributed by atoms with van der Waals surface area (Å²) in [6, 6.07) is 0. The van der Waals surface area contributed by atoms with E-state index < -0.39 is 12.1 Å². The van der Waals surface area contributed by atoms with Gasteiger partial charge in [-0.15, -0.1) is 0 Å². The van der Waals surface area contributed by atoms with Crippen LogP contribution in [-0.4, -0.2) is 13.2 Å². The molecule has 0 rings (SSSR count). The summed E-state index contributed by atoms with van der Waals surface area (Å²) in [7, 11) is 1.11. The van der Waals surface area contributed by atoms with Crippen LogP contribution in [0.1, 0.15) is 0 Å². The highest BCUT2D eigenvalue weighted by atomic mass is 35.9. The van der Waals surface area contributed by atoms with E-state index in [0.29, 0.717) is 0 Å². The van der Waals surface area contributed by atoms with Crippen LogP contribution in [0.5, 0.6) is 0 Å². The second kappa shape index (κ2) is 3.30. The molecule has 0 atom stereocenters. The molecular weight excluding hydrogens is 188 g/mol. The van der Waals surface area contributed by atoms with Crippen LogP contribution in [0.4, 0.5) is 4.79 Å². The molecule has 0 unspecified atom stereocenters. The molecule has 7 heteroatoms. The molecular formula is C2H4Cl2NO3P. The predicted octanol–water partition coefficient (Wildman–Crippen LogP) is 1.93. The van der Waals surface area contributed by atoms with E-state index in [1.165, 1.54) is 0 Å². The Kier molecular flexibility index (Phi) is 3.33. The van der Waals surface area contributed by atoms with Crippen LogP contribution < -0.4 is 5.09 Å². The molecule has 0 aliphatic heterocycles. The standard InChI is InChI=1S/C2H4Cl2NO3P/c1-8-2(6)5-9(3,4)7/h1H3,(H,5,6,7). The Bertz CT molecular complexity index is 154. The minimum absolute atomic E-state index is 0.914. The minimum atomic E-state index is -3.52. The first-order chi connectivity index (χ1) is 3.95. The van der Waals surface area contributed by atoms with Gasteiger partial charge in [-0.25, -0.2) is 9.88 Å². The van der Waals surface area contributed by atoms with Crippen molar-refractivity contribution < 1.29 is 14.1 Å². The van der Waals surface area contributed by atoms with Gasteiger partial charge in [-0.1, -0.05) is 0 Å². The fourth-order valence-corrected chi connectivity index (χ4v) is 0.870. The molecule has 0 saturated heterocycles. The van der Waals surface area contributed by atoms with Gasteiger partial charge in [-0.2, -0.15) is 0 Å². The van der Waals surface area contributed by atoms with E-state index in [1.807, 2.05) is 0 Å². The minimum Gasteiger partial charge on any atom is -0.453 e. The van der Waals surface area contributed by atoms with E-state index in [1.54, 1.807) is 5.09 Å². The third-order valence-electron chi connectivity index (χ3n) is 0.407. The zero-order valence-corrected chi connectivity index (χ0v) is 6.83. The SMILES string of the molecule is COC(=O)NP(=O)(Cl)Cl. The molecule has 0 aromatic rings. The normalized spacial score (nSPS) is 10.6.